The van der Waals surface area contributed by atoms with Crippen LogP contribution in [0.1, 0.15) is 27.8 Å². The number of ether oxygens (including phenoxy) is 1. The van der Waals surface area contributed by atoms with Crippen molar-refractivity contribution in [3.63, 3.8) is 0 Å². The fraction of sp³-hybridized carbons (Fsp3) is 0.167. The number of hydrogen-bond donors (Lipinski definition) is 0. The lowest BCUT2D eigenvalue weighted by Crippen LogP contribution is -2.07. The van der Waals surface area contributed by atoms with E-state index in [0.29, 0.717) is 34.6 Å². The Bertz CT molecular complexity index is 1600. The van der Waals surface area contributed by atoms with E-state index in [2.05, 4.69) is 5.10 Å². The molecule has 4 aromatic carbocycles. The predicted molar refractivity (Wildman–Crippen MR) is 141 cm³/mol. The average molecular weight is 539 g/mol. The van der Waals surface area contributed by atoms with Crippen LogP contribution in [0.15, 0.2) is 78.9 Å². The normalized spacial score (nSPS) is 11.8. The largest absolute Gasteiger partial charge is 0.489 e. The zero-order valence-electron chi connectivity index (χ0n) is 20.6. The summed E-state index contributed by atoms with van der Waals surface area (Å²) in [5, 5.41) is 4.86. The molecule has 194 valence electrons. The number of nitrogens with zero attached hydrogens (tertiary/aromatic N) is 2. The van der Waals surface area contributed by atoms with Crippen molar-refractivity contribution in [3.05, 3.63) is 118 Å². The maximum Gasteiger partial charge on any atom is 0.418 e. The van der Waals surface area contributed by atoms with Gasteiger partial charge in [-0.3, -0.25) is 4.68 Å². The van der Waals surface area contributed by atoms with Crippen LogP contribution in [0.4, 0.5) is 17.6 Å². The van der Waals surface area contributed by atoms with E-state index in [9.17, 15) is 17.6 Å². The van der Waals surface area contributed by atoms with Crippen molar-refractivity contribution in [2.24, 2.45) is 0 Å². The third kappa shape index (κ3) is 5.11. The Hall–Kier alpha value is -3.84. The first kappa shape index (κ1) is 25.8. The van der Waals surface area contributed by atoms with Gasteiger partial charge in [-0.05, 0) is 78.6 Å². The van der Waals surface area contributed by atoms with E-state index in [0.717, 1.165) is 22.8 Å². The molecular formula is C30H23ClF4N2O. The van der Waals surface area contributed by atoms with Gasteiger partial charge in [-0.25, -0.2) is 4.39 Å². The van der Waals surface area contributed by atoms with Crippen molar-refractivity contribution in [2.75, 3.05) is 0 Å². The lowest BCUT2D eigenvalue weighted by molar-refractivity contribution is -0.136. The average Bonchev–Trinajstić information content (AvgIpc) is 3.23. The Morgan fingerprint density at radius 2 is 1.58 bits per heavy atom. The highest BCUT2D eigenvalue weighted by molar-refractivity contribution is 6.31. The minimum Gasteiger partial charge on any atom is -0.489 e. The molecule has 0 amide bonds. The molecule has 0 saturated heterocycles. The Kier molecular flexibility index (Phi) is 6.88. The molecule has 0 aliphatic rings. The van der Waals surface area contributed by atoms with Crippen LogP contribution >= 0.6 is 11.6 Å². The molecule has 1 heterocycles. The molecule has 0 atom stereocenters. The summed E-state index contributed by atoms with van der Waals surface area (Å²) in [4.78, 5) is 0. The van der Waals surface area contributed by atoms with Gasteiger partial charge in [0.25, 0.3) is 0 Å². The number of aryl methyl sites for hydroxylation is 2. The van der Waals surface area contributed by atoms with Crippen LogP contribution in [-0.2, 0) is 19.3 Å². The molecule has 0 saturated carbocycles. The van der Waals surface area contributed by atoms with Crippen LogP contribution in [0.25, 0.3) is 22.2 Å². The molecule has 38 heavy (non-hydrogen) atoms. The molecule has 0 spiro atoms. The van der Waals surface area contributed by atoms with Crippen LogP contribution in [0.5, 0.6) is 5.75 Å². The highest BCUT2D eigenvalue weighted by Gasteiger charge is 2.34. The minimum atomic E-state index is -4.57. The summed E-state index contributed by atoms with van der Waals surface area (Å²) in [6.45, 7) is 4.52. The maximum atomic E-state index is 13.8. The molecule has 5 rings (SSSR count). The number of rotatable bonds is 6. The minimum absolute atomic E-state index is 0.0608. The Morgan fingerprint density at radius 3 is 2.24 bits per heavy atom. The van der Waals surface area contributed by atoms with Gasteiger partial charge in [-0.1, -0.05) is 48.0 Å². The first-order chi connectivity index (χ1) is 18.1. The first-order valence-electron chi connectivity index (χ1n) is 11.9. The second-order valence-corrected chi connectivity index (χ2v) is 9.53. The second-order valence-electron chi connectivity index (χ2n) is 9.12. The summed E-state index contributed by atoms with van der Waals surface area (Å²) in [5.74, 6) is 0.129. The van der Waals surface area contributed by atoms with Gasteiger partial charge < -0.3 is 4.74 Å². The van der Waals surface area contributed by atoms with E-state index >= 15 is 0 Å². The smallest absolute Gasteiger partial charge is 0.418 e. The number of fused-ring (bicyclic) bond motifs is 1. The molecule has 3 nitrogen and oxygen atoms in total. The van der Waals surface area contributed by atoms with Crippen LogP contribution in [0, 0.1) is 19.7 Å². The molecule has 0 radical (unpaired) electrons. The number of alkyl halides is 3. The zero-order chi connectivity index (χ0) is 27.0. The predicted octanol–water partition coefficient (Wildman–Crippen LogP) is 8.76. The maximum absolute atomic E-state index is 13.8. The van der Waals surface area contributed by atoms with Crippen molar-refractivity contribution in [2.45, 2.75) is 33.2 Å². The van der Waals surface area contributed by atoms with Gasteiger partial charge in [0.05, 0.1) is 17.8 Å². The van der Waals surface area contributed by atoms with Crippen LogP contribution in [-0.4, -0.2) is 9.78 Å². The molecule has 0 aliphatic carbocycles. The van der Waals surface area contributed by atoms with Gasteiger partial charge in [0, 0.05) is 16.0 Å². The molecule has 0 fully saturated rings. The Balaban J connectivity index is 1.54. The summed E-state index contributed by atoms with van der Waals surface area (Å²) in [5.41, 5.74) is 4.07. The summed E-state index contributed by atoms with van der Waals surface area (Å²) < 4.78 is 62.5. The molecule has 5 aromatic rings. The molecule has 0 bridgehead atoms. The van der Waals surface area contributed by atoms with Crippen LogP contribution in [0.3, 0.4) is 0 Å². The van der Waals surface area contributed by atoms with Crippen LogP contribution in [0.2, 0.25) is 5.02 Å². The fourth-order valence-corrected chi connectivity index (χ4v) is 4.78. The zero-order valence-corrected chi connectivity index (χ0v) is 21.4. The second kappa shape index (κ2) is 10.1. The first-order valence-corrected chi connectivity index (χ1v) is 12.3. The third-order valence-corrected chi connectivity index (χ3v) is 6.92. The van der Waals surface area contributed by atoms with Crippen molar-refractivity contribution in [3.8, 4) is 17.0 Å². The van der Waals surface area contributed by atoms with E-state index in [1.54, 1.807) is 30.3 Å². The number of benzene rings is 4. The Morgan fingerprint density at radius 1 is 0.895 bits per heavy atom. The molecule has 0 N–H and O–H groups in total. The lowest BCUT2D eigenvalue weighted by Gasteiger charge is -2.13. The summed E-state index contributed by atoms with van der Waals surface area (Å²) in [6, 6.07) is 21.1. The topological polar surface area (TPSA) is 27.1 Å². The Labute approximate surface area is 222 Å². The quantitative estimate of drug-likeness (QED) is 0.202. The highest BCUT2D eigenvalue weighted by atomic mass is 35.5. The molecule has 0 unspecified atom stereocenters. The van der Waals surface area contributed by atoms with Gasteiger partial charge in [-0.2, -0.15) is 18.3 Å². The summed E-state index contributed by atoms with van der Waals surface area (Å²) in [6.07, 6.45) is -4.57. The number of hydrogen-bond acceptors (Lipinski definition) is 2. The van der Waals surface area contributed by atoms with E-state index < -0.39 is 17.6 Å². The number of halogens is 5. The SMILES string of the molecule is Cc1cccc(C)c1COc1ccc(-c2c3cccc(C(F)(F)F)c3nn2Cc2ccc(F)cc2Cl)cc1. The van der Waals surface area contributed by atoms with Crippen molar-refractivity contribution in [1.82, 2.24) is 9.78 Å². The van der Waals surface area contributed by atoms with Gasteiger partial charge in [0.2, 0.25) is 0 Å². The number of aromatic nitrogens is 2. The van der Waals surface area contributed by atoms with E-state index in [4.69, 9.17) is 16.3 Å². The monoisotopic (exact) mass is 538 g/mol. The lowest BCUT2D eigenvalue weighted by atomic mass is 10.0. The standard InChI is InChI=1S/C30H23ClF4N2O/c1-18-5-3-6-19(2)25(18)17-38-23-13-10-20(11-14-23)29-24-7-4-8-26(30(33,34)35)28(24)36-37(29)16-21-9-12-22(32)15-27(21)31/h3-15H,16-17H2,1-2H3. The van der Waals surface area contributed by atoms with Crippen LogP contribution < -0.4 is 4.74 Å². The molecule has 0 aliphatic heterocycles. The van der Waals surface area contributed by atoms with Gasteiger partial charge >= 0.3 is 6.18 Å². The molecule has 8 heteroatoms. The fourth-order valence-electron chi connectivity index (χ4n) is 4.55. The van der Waals surface area contributed by atoms with Gasteiger partial charge in [0.1, 0.15) is 23.7 Å². The van der Waals surface area contributed by atoms with Crippen molar-refractivity contribution >= 4 is 22.5 Å². The van der Waals surface area contributed by atoms with E-state index in [1.165, 1.54) is 28.9 Å². The summed E-state index contributed by atoms with van der Waals surface area (Å²) in [7, 11) is 0. The van der Waals surface area contributed by atoms with Crippen molar-refractivity contribution in [1.29, 1.82) is 0 Å². The van der Waals surface area contributed by atoms with Gasteiger partial charge in [0.15, 0.2) is 0 Å². The van der Waals surface area contributed by atoms with Crippen molar-refractivity contribution < 1.29 is 22.3 Å². The summed E-state index contributed by atoms with van der Waals surface area (Å²) >= 11 is 6.23. The van der Waals surface area contributed by atoms with E-state index in [1.807, 2.05) is 32.0 Å². The third-order valence-electron chi connectivity index (χ3n) is 6.57. The molecule has 1 aromatic heterocycles. The van der Waals surface area contributed by atoms with E-state index in [-0.39, 0.29) is 17.1 Å². The highest BCUT2D eigenvalue weighted by Crippen LogP contribution is 2.38. The van der Waals surface area contributed by atoms with Gasteiger partial charge in [-0.15, -0.1) is 0 Å². The molecular weight excluding hydrogens is 516 g/mol.